The van der Waals surface area contributed by atoms with E-state index in [0.717, 1.165) is 25.5 Å². The molecule has 0 aromatic heterocycles. The van der Waals surface area contributed by atoms with Gasteiger partial charge in [0.15, 0.2) is 0 Å². The quantitative estimate of drug-likeness (QED) is 0.478. The Morgan fingerprint density at radius 3 is 3.00 bits per heavy atom. The highest BCUT2D eigenvalue weighted by atomic mass is 16.3. The number of aliphatic hydroxyl groups is 1. The van der Waals surface area contributed by atoms with Crippen molar-refractivity contribution in [2.75, 3.05) is 0 Å². The van der Waals surface area contributed by atoms with Gasteiger partial charge in [0.1, 0.15) is 6.29 Å². The molecule has 2 heteroatoms. The van der Waals surface area contributed by atoms with E-state index in [4.69, 9.17) is 0 Å². The third-order valence-electron chi connectivity index (χ3n) is 2.54. The minimum absolute atomic E-state index is 0.217. The van der Waals surface area contributed by atoms with Crippen molar-refractivity contribution in [3.63, 3.8) is 0 Å². The molecule has 1 aliphatic carbocycles. The van der Waals surface area contributed by atoms with Gasteiger partial charge in [0.25, 0.3) is 0 Å². The lowest BCUT2D eigenvalue weighted by Crippen LogP contribution is -2.21. The molecule has 0 aromatic carbocycles. The first kappa shape index (κ1) is 9.46. The standard InChI is InChI=1S/C10H16O2/c1-10(8-11)6-3-2-4-9(12)5-7-10/h2,4,8-9,12H,3,5-7H2,1H3. The normalized spacial score (nSPS) is 37.0. The van der Waals surface area contributed by atoms with Crippen LogP contribution in [0.25, 0.3) is 0 Å². The molecule has 0 saturated heterocycles. The molecule has 2 nitrogen and oxygen atoms in total. The van der Waals surface area contributed by atoms with E-state index in [1.807, 2.05) is 19.1 Å². The lowest BCUT2D eigenvalue weighted by Gasteiger charge is -2.24. The summed E-state index contributed by atoms with van der Waals surface area (Å²) in [5.74, 6) is 0. The molecule has 68 valence electrons. The van der Waals surface area contributed by atoms with Crippen LogP contribution in [0.3, 0.4) is 0 Å². The van der Waals surface area contributed by atoms with Crippen LogP contribution in [0.15, 0.2) is 12.2 Å². The molecule has 2 unspecified atom stereocenters. The van der Waals surface area contributed by atoms with Crippen LogP contribution in [0.2, 0.25) is 0 Å². The number of allylic oxidation sites excluding steroid dienone is 1. The van der Waals surface area contributed by atoms with Crippen LogP contribution in [-0.2, 0) is 4.79 Å². The van der Waals surface area contributed by atoms with Gasteiger partial charge in [0.2, 0.25) is 0 Å². The minimum atomic E-state index is -0.357. The van der Waals surface area contributed by atoms with E-state index < -0.39 is 0 Å². The van der Waals surface area contributed by atoms with Crippen molar-refractivity contribution in [1.82, 2.24) is 0 Å². The summed E-state index contributed by atoms with van der Waals surface area (Å²) in [7, 11) is 0. The molecular weight excluding hydrogens is 152 g/mol. The zero-order valence-corrected chi connectivity index (χ0v) is 7.49. The van der Waals surface area contributed by atoms with E-state index >= 15 is 0 Å². The van der Waals surface area contributed by atoms with Gasteiger partial charge in [0, 0.05) is 5.41 Å². The summed E-state index contributed by atoms with van der Waals surface area (Å²) < 4.78 is 0. The molecule has 1 rings (SSSR count). The van der Waals surface area contributed by atoms with Crippen molar-refractivity contribution >= 4 is 6.29 Å². The Bertz CT molecular complexity index is 186. The highest BCUT2D eigenvalue weighted by molar-refractivity contribution is 5.58. The van der Waals surface area contributed by atoms with E-state index in [9.17, 15) is 9.90 Å². The number of aliphatic hydroxyl groups excluding tert-OH is 1. The van der Waals surface area contributed by atoms with Crippen molar-refractivity contribution < 1.29 is 9.90 Å². The molecule has 0 bridgehead atoms. The predicted molar refractivity (Wildman–Crippen MR) is 47.8 cm³/mol. The van der Waals surface area contributed by atoms with Gasteiger partial charge < -0.3 is 9.90 Å². The van der Waals surface area contributed by atoms with Crippen molar-refractivity contribution in [2.45, 2.75) is 38.7 Å². The zero-order valence-electron chi connectivity index (χ0n) is 7.49. The van der Waals surface area contributed by atoms with Crippen LogP contribution in [0.4, 0.5) is 0 Å². The number of carbonyl (C=O) groups is 1. The molecule has 0 saturated carbocycles. The van der Waals surface area contributed by atoms with Gasteiger partial charge in [-0.15, -0.1) is 0 Å². The molecular formula is C10H16O2. The van der Waals surface area contributed by atoms with Crippen LogP contribution < -0.4 is 0 Å². The van der Waals surface area contributed by atoms with E-state index in [0.29, 0.717) is 6.42 Å². The third-order valence-corrected chi connectivity index (χ3v) is 2.54. The molecule has 0 amide bonds. The fraction of sp³-hybridized carbons (Fsp3) is 0.700. The number of hydrogen-bond acceptors (Lipinski definition) is 2. The molecule has 2 atom stereocenters. The first-order valence-corrected chi connectivity index (χ1v) is 4.47. The molecule has 1 aliphatic rings. The zero-order chi connectivity index (χ0) is 9.03. The summed E-state index contributed by atoms with van der Waals surface area (Å²) in [4.78, 5) is 10.7. The monoisotopic (exact) mass is 168 g/mol. The Balaban J connectivity index is 2.60. The van der Waals surface area contributed by atoms with Gasteiger partial charge in [-0.3, -0.25) is 0 Å². The van der Waals surface area contributed by atoms with Crippen molar-refractivity contribution in [2.24, 2.45) is 5.41 Å². The summed E-state index contributed by atoms with van der Waals surface area (Å²) >= 11 is 0. The van der Waals surface area contributed by atoms with E-state index in [1.165, 1.54) is 0 Å². The SMILES string of the molecule is CC1(C=O)CCC=CC(O)CC1. The molecule has 0 aromatic rings. The second kappa shape index (κ2) is 3.85. The summed E-state index contributed by atoms with van der Waals surface area (Å²) in [5, 5.41) is 9.34. The van der Waals surface area contributed by atoms with Gasteiger partial charge in [-0.1, -0.05) is 19.1 Å². The molecule has 0 aliphatic heterocycles. The van der Waals surface area contributed by atoms with Crippen molar-refractivity contribution in [3.05, 3.63) is 12.2 Å². The van der Waals surface area contributed by atoms with E-state index in [-0.39, 0.29) is 11.5 Å². The summed E-state index contributed by atoms with van der Waals surface area (Å²) in [6, 6.07) is 0. The molecule has 1 N–H and O–H groups in total. The second-order valence-electron chi connectivity index (χ2n) is 3.84. The van der Waals surface area contributed by atoms with Crippen LogP contribution in [0.5, 0.6) is 0 Å². The molecule has 0 heterocycles. The molecule has 0 fully saturated rings. The Kier molecular flexibility index (Phi) is 3.04. The minimum Gasteiger partial charge on any atom is -0.389 e. The van der Waals surface area contributed by atoms with Gasteiger partial charge in [0.05, 0.1) is 6.10 Å². The van der Waals surface area contributed by atoms with Crippen molar-refractivity contribution in [1.29, 1.82) is 0 Å². The highest BCUT2D eigenvalue weighted by Gasteiger charge is 2.24. The average Bonchev–Trinajstić information content (AvgIpc) is 2.07. The second-order valence-corrected chi connectivity index (χ2v) is 3.84. The van der Waals surface area contributed by atoms with Gasteiger partial charge in [-0.25, -0.2) is 0 Å². The lowest BCUT2D eigenvalue weighted by atomic mass is 9.80. The highest BCUT2D eigenvalue weighted by Crippen LogP contribution is 2.29. The summed E-state index contributed by atoms with van der Waals surface area (Å²) in [6.07, 6.45) is 7.75. The van der Waals surface area contributed by atoms with Crippen LogP contribution >= 0.6 is 0 Å². The molecule has 0 radical (unpaired) electrons. The first-order valence-electron chi connectivity index (χ1n) is 4.47. The number of carbonyl (C=O) groups excluding carboxylic acids is 1. The largest absolute Gasteiger partial charge is 0.389 e. The Morgan fingerprint density at radius 2 is 2.33 bits per heavy atom. The maximum absolute atomic E-state index is 10.7. The Morgan fingerprint density at radius 1 is 1.58 bits per heavy atom. The van der Waals surface area contributed by atoms with Gasteiger partial charge >= 0.3 is 0 Å². The third kappa shape index (κ3) is 2.45. The van der Waals surface area contributed by atoms with E-state index in [1.54, 1.807) is 0 Å². The number of aldehydes is 1. The summed E-state index contributed by atoms with van der Waals surface area (Å²) in [6.45, 7) is 1.96. The van der Waals surface area contributed by atoms with Crippen molar-refractivity contribution in [3.8, 4) is 0 Å². The van der Waals surface area contributed by atoms with Crippen LogP contribution in [0.1, 0.15) is 32.6 Å². The van der Waals surface area contributed by atoms with E-state index in [2.05, 4.69) is 0 Å². The van der Waals surface area contributed by atoms with Gasteiger partial charge in [-0.05, 0) is 25.7 Å². The van der Waals surface area contributed by atoms with Crippen LogP contribution in [-0.4, -0.2) is 17.5 Å². The smallest absolute Gasteiger partial charge is 0.125 e. The number of hydrogen-bond donors (Lipinski definition) is 1. The lowest BCUT2D eigenvalue weighted by molar-refractivity contribution is -0.116. The Labute approximate surface area is 73.3 Å². The Hall–Kier alpha value is -0.630. The van der Waals surface area contributed by atoms with Crippen LogP contribution in [0, 0.1) is 5.41 Å². The maximum Gasteiger partial charge on any atom is 0.125 e. The topological polar surface area (TPSA) is 37.3 Å². The fourth-order valence-corrected chi connectivity index (χ4v) is 1.48. The average molecular weight is 168 g/mol. The fourth-order valence-electron chi connectivity index (χ4n) is 1.48. The summed E-state index contributed by atoms with van der Waals surface area (Å²) in [5.41, 5.74) is -0.217. The predicted octanol–water partition coefficient (Wildman–Crippen LogP) is 1.68. The maximum atomic E-state index is 10.7. The molecule has 12 heavy (non-hydrogen) atoms. The number of rotatable bonds is 1. The molecule has 0 spiro atoms. The first-order chi connectivity index (χ1) is 5.66. The van der Waals surface area contributed by atoms with Gasteiger partial charge in [-0.2, -0.15) is 0 Å².